The van der Waals surface area contributed by atoms with E-state index in [1.54, 1.807) is 36.4 Å². The van der Waals surface area contributed by atoms with Gasteiger partial charge >= 0.3 is 5.97 Å². The van der Waals surface area contributed by atoms with E-state index < -0.39 is 5.97 Å². The van der Waals surface area contributed by atoms with Crippen LogP contribution in [0.3, 0.4) is 0 Å². The van der Waals surface area contributed by atoms with Gasteiger partial charge < -0.3 is 9.84 Å². The Hall–Kier alpha value is -2.90. The minimum atomic E-state index is -0.901. The smallest absolute Gasteiger partial charge is 0.307 e. The molecule has 0 aromatic heterocycles. The van der Waals surface area contributed by atoms with Gasteiger partial charge in [-0.1, -0.05) is 60.9 Å². The highest BCUT2D eigenvalue weighted by Gasteiger charge is 2.33. The van der Waals surface area contributed by atoms with Gasteiger partial charge in [-0.2, -0.15) is 0 Å². The summed E-state index contributed by atoms with van der Waals surface area (Å²) < 4.78 is 5.89. The van der Waals surface area contributed by atoms with Crippen LogP contribution >= 0.6 is 24.0 Å². The van der Waals surface area contributed by atoms with Crippen molar-refractivity contribution in [2.75, 3.05) is 11.5 Å². The minimum absolute atomic E-state index is 0.0644. The predicted molar refractivity (Wildman–Crippen MR) is 116 cm³/mol. The molecular formula is C21H17NO4S2. The lowest BCUT2D eigenvalue weighted by molar-refractivity contribution is -0.136. The molecule has 1 amide bonds. The fourth-order valence-corrected chi connectivity index (χ4v) is 3.89. The number of rotatable bonds is 7. The molecule has 0 spiro atoms. The molecule has 0 unspecified atom stereocenters. The summed E-state index contributed by atoms with van der Waals surface area (Å²) >= 11 is 6.60. The second-order valence-electron chi connectivity index (χ2n) is 5.92. The molecule has 28 heavy (non-hydrogen) atoms. The second-order valence-corrected chi connectivity index (χ2v) is 7.60. The largest absolute Gasteiger partial charge is 0.490 e. The first-order chi connectivity index (χ1) is 13.5. The first-order valence-corrected chi connectivity index (χ1v) is 9.63. The maximum Gasteiger partial charge on any atom is 0.307 e. The van der Waals surface area contributed by atoms with E-state index in [2.05, 4.69) is 6.58 Å². The van der Waals surface area contributed by atoms with Crippen molar-refractivity contribution in [2.24, 2.45) is 0 Å². The molecule has 0 atom stereocenters. The Labute approximate surface area is 172 Å². The molecule has 142 valence electrons. The number of carbonyl (C=O) groups excluding carboxylic acids is 1. The zero-order valence-corrected chi connectivity index (χ0v) is 16.5. The van der Waals surface area contributed by atoms with E-state index in [1.807, 2.05) is 24.3 Å². The van der Waals surface area contributed by atoms with Crippen LogP contribution in [0.25, 0.3) is 6.08 Å². The Morgan fingerprint density at radius 3 is 2.46 bits per heavy atom. The summed E-state index contributed by atoms with van der Waals surface area (Å²) in [6, 6.07) is 14.2. The average molecular weight is 412 g/mol. The topological polar surface area (TPSA) is 66.8 Å². The van der Waals surface area contributed by atoms with Crippen molar-refractivity contribution in [3.63, 3.8) is 0 Å². The SMILES string of the molecule is C=CCOc1ccc(/C=C2\SC(=S)N(c3ccc(CC(=O)O)cc3)C2=O)cc1. The first-order valence-electron chi connectivity index (χ1n) is 8.40. The second kappa shape index (κ2) is 8.86. The van der Waals surface area contributed by atoms with Crippen molar-refractivity contribution in [1.29, 1.82) is 0 Å². The van der Waals surface area contributed by atoms with Gasteiger partial charge in [0.15, 0.2) is 4.32 Å². The van der Waals surface area contributed by atoms with E-state index in [9.17, 15) is 9.59 Å². The number of anilines is 1. The molecule has 1 heterocycles. The highest BCUT2D eigenvalue weighted by atomic mass is 32.2. The fourth-order valence-electron chi connectivity index (χ4n) is 2.59. The van der Waals surface area contributed by atoms with E-state index in [-0.39, 0.29) is 12.3 Å². The van der Waals surface area contributed by atoms with Gasteiger partial charge in [-0.15, -0.1) is 0 Å². The quantitative estimate of drug-likeness (QED) is 0.417. The van der Waals surface area contributed by atoms with E-state index in [4.69, 9.17) is 22.1 Å². The molecule has 1 fully saturated rings. The molecule has 5 nitrogen and oxygen atoms in total. The number of hydrogen-bond donors (Lipinski definition) is 1. The van der Waals surface area contributed by atoms with Gasteiger partial charge in [-0.3, -0.25) is 14.5 Å². The first kappa shape index (κ1) is 19.9. The van der Waals surface area contributed by atoms with E-state index >= 15 is 0 Å². The fraction of sp³-hybridized carbons (Fsp3) is 0.0952. The minimum Gasteiger partial charge on any atom is -0.490 e. The Balaban J connectivity index is 1.76. The summed E-state index contributed by atoms with van der Waals surface area (Å²) in [4.78, 5) is 25.6. The molecule has 1 aliphatic rings. The lowest BCUT2D eigenvalue weighted by Crippen LogP contribution is -2.27. The molecule has 0 saturated carbocycles. The van der Waals surface area contributed by atoms with Gasteiger partial charge in [0.25, 0.3) is 5.91 Å². The summed E-state index contributed by atoms with van der Waals surface area (Å²) in [5.74, 6) is -0.374. The van der Waals surface area contributed by atoms with Gasteiger partial charge in [-0.05, 0) is 41.5 Å². The van der Waals surface area contributed by atoms with Crippen LogP contribution in [0.1, 0.15) is 11.1 Å². The van der Waals surface area contributed by atoms with Crippen LogP contribution in [0.4, 0.5) is 5.69 Å². The normalized spacial score (nSPS) is 15.1. The third kappa shape index (κ3) is 4.68. The Kier molecular flexibility index (Phi) is 6.28. The summed E-state index contributed by atoms with van der Waals surface area (Å²) in [5, 5.41) is 8.86. The molecule has 7 heteroatoms. The number of carboxylic acid groups (broad SMARTS) is 1. The van der Waals surface area contributed by atoms with Crippen molar-refractivity contribution in [2.45, 2.75) is 6.42 Å². The van der Waals surface area contributed by atoms with Crippen LogP contribution in [0, 0.1) is 0 Å². The average Bonchev–Trinajstić information content (AvgIpc) is 2.95. The number of thiocarbonyl (C=S) groups is 1. The Morgan fingerprint density at radius 2 is 1.86 bits per heavy atom. The number of hydrogen-bond acceptors (Lipinski definition) is 5. The molecule has 1 saturated heterocycles. The summed E-state index contributed by atoms with van der Waals surface area (Å²) in [7, 11) is 0. The standard InChI is InChI=1S/C21H17NO4S2/c1-2-11-26-17-9-5-14(6-10-17)12-18-20(25)22(21(27)28-18)16-7-3-15(4-8-16)13-19(23)24/h2-10,12H,1,11,13H2,(H,23,24)/b18-12-. The zero-order chi connectivity index (χ0) is 20.1. The monoisotopic (exact) mass is 411 g/mol. The predicted octanol–water partition coefficient (Wildman–Crippen LogP) is 4.28. The summed E-state index contributed by atoms with van der Waals surface area (Å²) in [6.45, 7) is 4.04. The van der Waals surface area contributed by atoms with E-state index in [0.29, 0.717) is 27.1 Å². The number of nitrogens with zero attached hydrogens (tertiary/aromatic N) is 1. The summed E-state index contributed by atoms with van der Waals surface area (Å²) in [5.41, 5.74) is 2.15. The van der Waals surface area contributed by atoms with Gasteiger partial charge in [0.05, 0.1) is 17.0 Å². The van der Waals surface area contributed by atoms with Crippen molar-refractivity contribution < 1.29 is 19.4 Å². The van der Waals surface area contributed by atoms with Crippen LogP contribution in [-0.2, 0) is 16.0 Å². The Bertz CT molecular complexity index is 949. The molecule has 0 bridgehead atoms. The summed E-state index contributed by atoms with van der Waals surface area (Å²) in [6.07, 6.45) is 3.40. The van der Waals surface area contributed by atoms with Crippen LogP contribution in [-0.4, -0.2) is 27.9 Å². The molecule has 1 aliphatic heterocycles. The molecule has 0 aliphatic carbocycles. The van der Waals surface area contributed by atoms with Crippen molar-refractivity contribution in [1.82, 2.24) is 0 Å². The molecule has 3 rings (SSSR count). The highest BCUT2D eigenvalue weighted by Crippen LogP contribution is 2.36. The van der Waals surface area contributed by atoms with E-state index in [1.165, 1.54) is 16.7 Å². The van der Waals surface area contributed by atoms with Crippen molar-refractivity contribution in [3.05, 3.63) is 77.2 Å². The number of carboxylic acids is 1. The Morgan fingerprint density at radius 1 is 1.18 bits per heavy atom. The maximum atomic E-state index is 12.8. The third-order valence-corrected chi connectivity index (χ3v) is 5.19. The number of aliphatic carboxylic acids is 1. The van der Waals surface area contributed by atoms with Gasteiger partial charge in [0.2, 0.25) is 0 Å². The third-order valence-electron chi connectivity index (χ3n) is 3.89. The van der Waals surface area contributed by atoms with Crippen LogP contribution in [0.2, 0.25) is 0 Å². The van der Waals surface area contributed by atoms with Crippen LogP contribution in [0.5, 0.6) is 5.75 Å². The number of thioether (sulfide) groups is 1. The zero-order valence-electron chi connectivity index (χ0n) is 14.8. The van der Waals surface area contributed by atoms with Crippen LogP contribution in [0.15, 0.2) is 66.1 Å². The number of benzene rings is 2. The number of ether oxygens (including phenoxy) is 1. The van der Waals surface area contributed by atoms with E-state index in [0.717, 1.165) is 11.3 Å². The lowest BCUT2D eigenvalue weighted by atomic mass is 10.1. The van der Waals surface area contributed by atoms with Gasteiger partial charge in [-0.25, -0.2) is 0 Å². The maximum absolute atomic E-state index is 12.8. The van der Waals surface area contributed by atoms with Crippen molar-refractivity contribution in [3.8, 4) is 5.75 Å². The number of amides is 1. The van der Waals surface area contributed by atoms with Crippen molar-refractivity contribution >= 4 is 51.9 Å². The van der Waals surface area contributed by atoms with Crippen LogP contribution < -0.4 is 9.64 Å². The lowest BCUT2D eigenvalue weighted by Gasteiger charge is -2.14. The number of carbonyl (C=O) groups is 2. The molecule has 1 N–H and O–H groups in total. The molecular weight excluding hydrogens is 394 g/mol. The molecule has 0 radical (unpaired) electrons. The van der Waals surface area contributed by atoms with Gasteiger partial charge in [0, 0.05) is 0 Å². The highest BCUT2D eigenvalue weighted by molar-refractivity contribution is 8.27. The molecule has 2 aromatic rings. The molecule has 2 aromatic carbocycles. The van der Waals surface area contributed by atoms with Gasteiger partial charge in [0.1, 0.15) is 12.4 Å².